The number of aromatic nitrogens is 1. The molecule has 0 aliphatic rings. The highest BCUT2D eigenvalue weighted by molar-refractivity contribution is 5.79. The summed E-state index contributed by atoms with van der Waals surface area (Å²) in [5.74, 6) is 0.230. The number of amides is 1. The Balaban J connectivity index is 2.08. The molecule has 1 aromatic heterocycles. The molecule has 3 N–H and O–H groups in total. The molecule has 1 heterocycles. The summed E-state index contributed by atoms with van der Waals surface area (Å²) in [6, 6.07) is 15.9. The van der Waals surface area contributed by atoms with Crippen molar-refractivity contribution in [3.05, 3.63) is 60.5 Å². The van der Waals surface area contributed by atoms with Crippen molar-refractivity contribution in [3.63, 3.8) is 0 Å². The van der Waals surface area contributed by atoms with Crippen molar-refractivity contribution in [2.45, 2.75) is 6.42 Å². The Morgan fingerprint density at radius 1 is 1.04 bits per heavy atom. The average molecular weight is 310 g/mol. The number of hydroxylamine groups is 1. The SMILES string of the molecule is O=C(Cc1nc(-c2ccccc2)c(-c2ccc(O)cc2)o1)NO. The van der Waals surface area contributed by atoms with Gasteiger partial charge in [-0.25, -0.2) is 10.5 Å². The summed E-state index contributed by atoms with van der Waals surface area (Å²) in [6.07, 6.45) is -0.172. The van der Waals surface area contributed by atoms with Crippen molar-refractivity contribution < 1.29 is 19.5 Å². The number of carbonyl (C=O) groups is 1. The van der Waals surface area contributed by atoms with Crippen LogP contribution in [0.1, 0.15) is 5.89 Å². The Kier molecular flexibility index (Phi) is 4.07. The summed E-state index contributed by atoms with van der Waals surface area (Å²) < 4.78 is 5.70. The van der Waals surface area contributed by atoms with Gasteiger partial charge in [0.05, 0.1) is 0 Å². The highest BCUT2D eigenvalue weighted by atomic mass is 16.5. The monoisotopic (exact) mass is 310 g/mol. The second kappa shape index (κ2) is 6.33. The fraction of sp³-hybridized carbons (Fsp3) is 0.0588. The van der Waals surface area contributed by atoms with Gasteiger partial charge in [-0.3, -0.25) is 10.0 Å². The molecule has 23 heavy (non-hydrogen) atoms. The molecule has 0 bridgehead atoms. The number of hydrogen-bond acceptors (Lipinski definition) is 5. The van der Waals surface area contributed by atoms with Crippen LogP contribution in [0.3, 0.4) is 0 Å². The third kappa shape index (κ3) is 3.22. The summed E-state index contributed by atoms with van der Waals surface area (Å²) >= 11 is 0. The van der Waals surface area contributed by atoms with Crippen molar-refractivity contribution in [1.82, 2.24) is 10.5 Å². The minimum Gasteiger partial charge on any atom is -0.508 e. The molecule has 1 amide bonds. The van der Waals surface area contributed by atoms with Gasteiger partial charge in [0.25, 0.3) is 5.91 Å². The number of aromatic hydroxyl groups is 1. The third-order valence-corrected chi connectivity index (χ3v) is 3.28. The molecular formula is C17H14N2O4. The van der Waals surface area contributed by atoms with Gasteiger partial charge in [-0.05, 0) is 24.3 Å². The van der Waals surface area contributed by atoms with E-state index in [1.54, 1.807) is 29.7 Å². The number of phenolic OH excluding ortho intramolecular Hbond substituents is 1. The van der Waals surface area contributed by atoms with Crippen molar-refractivity contribution in [3.8, 4) is 28.3 Å². The van der Waals surface area contributed by atoms with Crippen LogP contribution < -0.4 is 5.48 Å². The zero-order valence-electron chi connectivity index (χ0n) is 12.1. The number of phenols is 1. The van der Waals surface area contributed by atoms with E-state index in [2.05, 4.69) is 4.98 Å². The van der Waals surface area contributed by atoms with Crippen LogP contribution >= 0.6 is 0 Å². The predicted molar refractivity (Wildman–Crippen MR) is 82.7 cm³/mol. The summed E-state index contributed by atoms with van der Waals surface area (Å²) in [4.78, 5) is 15.7. The average Bonchev–Trinajstić information content (AvgIpc) is 3.00. The van der Waals surface area contributed by atoms with Crippen LogP contribution in [0.2, 0.25) is 0 Å². The van der Waals surface area contributed by atoms with Gasteiger partial charge in [0.15, 0.2) is 5.76 Å². The van der Waals surface area contributed by atoms with E-state index >= 15 is 0 Å². The second-order valence-electron chi connectivity index (χ2n) is 4.91. The van der Waals surface area contributed by atoms with Gasteiger partial charge in [0, 0.05) is 11.1 Å². The van der Waals surface area contributed by atoms with E-state index in [4.69, 9.17) is 9.62 Å². The highest BCUT2D eigenvalue weighted by Gasteiger charge is 2.18. The first-order valence-corrected chi connectivity index (χ1v) is 6.95. The van der Waals surface area contributed by atoms with Gasteiger partial charge in [0.2, 0.25) is 5.89 Å². The smallest absolute Gasteiger partial charge is 0.252 e. The van der Waals surface area contributed by atoms with E-state index in [-0.39, 0.29) is 18.1 Å². The fourth-order valence-electron chi connectivity index (χ4n) is 2.22. The molecule has 0 spiro atoms. The molecule has 6 heteroatoms. The number of carbonyl (C=O) groups excluding carboxylic acids is 1. The van der Waals surface area contributed by atoms with E-state index in [1.165, 1.54) is 0 Å². The van der Waals surface area contributed by atoms with Gasteiger partial charge < -0.3 is 9.52 Å². The van der Waals surface area contributed by atoms with E-state index in [1.807, 2.05) is 30.3 Å². The third-order valence-electron chi connectivity index (χ3n) is 3.28. The molecule has 0 atom stereocenters. The molecule has 116 valence electrons. The van der Waals surface area contributed by atoms with Gasteiger partial charge in [-0.2, -0.15) is 0 Å². The first-order valence-electron chi connectivity index (χ1n) is 6.95. The first-order chi connectivity index (χ1) is 11.2. The molecule has 0 unspecified atom stereocenters. The van der Waals surface area contributed by atoms with Crippen LogP contribution in [-0.2, 0) is 11.2 Å². The lowest BCUT2D eigenvalue weighted by atomic mass is 10.1. The maximum absolute atomic E-state index is 11.3. The molecule has 0 radical (unpaired) electrons. The van der Waals surface area contributed by atoms with Crippen LogP contribution in [0.25, 0.3) is 22.6 Å². The van der Waals surface area contributed by atoms with Crippen LogP contribution in [0, 0.1) is 0 Å². The first kappa shape index (κ1) is 14.8. The van der Waals surface area contributed by atoms with E-state index < -0.39 is 5.91 Å². The lowest BCUT2D eigenvalue weighted by molar-refractivity contribution is -0.128. The normalized spacial score (nSPS) is 10.5. The zero-order chi connectivity index (χ0) is 16.2. The summed E-state index contributed by atoms with van der Waals surface area (Å²) in [5, 5.41) is 18.1. The number of nitrogens with one attached hydrogen (secondary N) is 1. The van der Waals surface area contributed by atoms with Crippen molar-refractivity contribution in [2.75, 3.05) is 0 Å². The van der Waals surface area contributed by atoms with Crippen molar-refractivity contribution >= 4 is 5.91 Å². The number of nitrogens with zero attached hydrogens (tertiary/aromatic N) is 1. The minimum absolute atomic E-state index is 0.148. The Hall–Kier alpha value is -3.12. The van der Waals surface area contributed by atoms with Crippen molar-refractivity contribution in [1.29, 1.82) is 0 Å². The summed E-state index contributed by atoms with van der Waals surface area (Å²) in [5.41, 5.74) is 3.72. The fourth-order valence-corrected chi connectivity index (χ4v) is 2.22. The summed E-state index contributed by atoms with van der Waals surface area (Å²) in [7, 11) is 0. The number of benzene rings is 2. The Bertz CT molecular complexity index is 810. The number of oxazole rings is 1. The van der Waals surface area contributed by atoms with Crippen LogP contribution in [0.15, 0.2) is 59.0 Å². The lowest BCUT2D eigenvalue weighted by Gasteiger charge is -2.01. The van der Waals surface area contributed by atoms with Crippen LogP contribution in [0.5, 0.6) is 5.75 Å². The number of rotatable bonds is 4. The molecular weight excluding hydrogens is 296 g/mol. The molecule has 6 nitrogen and oxygen atoms in total. The van der Waals surface area contributed by atoms with Crippen molar-refractivity contribution in [2.24, 2.45) is 0 Å². The highest BCUT2D eigenvalue weighted by Crippen LogP contribution is 2.33. The molecule has 0 aliphatic heterocycles. The standard InChI is InChI=1S/C17H14N2O4/c20-13-8-6-12(7-9-13)17-16(11-4-2-1-3-5-11)18-15(23-17)10-14(21)19-22/h1-9,20,22H,10H2,(H,19,21). The predicted octanol–water partition coefficient (Wildman–Crippen LogP) is 2.76. The Labute approximate surface area is 132 Å². The largest absolute Gasteiger partial charge is 0.508 e. The van der Waals surface area contributed by atoms with E-state index in [9.17, 15) is 9.90 Å². The van der Waals surface area contributed by atoms with Gasteiger partial charge >= 0.3 is 0 Å². The van der Waals surface area contributed by atoms with Crippen LogP contribution in [-0.4, -0.2) is 21.2 Å². The molecule has 0 fully saturated rings. The molecule has 3 aromatic rings. The maximum atomic E-state index is 11.3. The molecule has 0 saturated heterocycles. The lowest BCUT2D eigenvalue weighted by Crippen LogP contribution is -2.20. The molecule has 0 aliphatic carbocycles. The molecule has 2 aromatic carbocycles. The maximum Gasteiger partial charge on any atom is 0.252 e. The van der Waals surface area contributed by atoms with Gasteiger partial charge in [-0.1, -0.05) is 30.3 Å². The van der Waals surface area contributed by atoms with Gasteiger partial charge in [-0.15, -0.1) is 0 Å². The summed E-state index contributed by atoms with van der Waals surface area (Å²) in [6.45, 7) is 0. The van der Waals surface area contributed by atoms with Gasteiger partial charge in [0.1, 0.15) is 17.9 Å². The van der Waals surface area contributed by atoms with E-state index in [0.717, 1.165) is 11.1 Å². The second-order valence-corrected chi connectivity index (χ2v) is 4.91. The zero-order valence-corrected chi connectivity index (χ0v) is 12.1. The Morgan fingerprint density at radius 3 is 2.39 bits per heavy atom. The number of hydrogen-bond donors (Lipinski definition) is 3. The van der Waals surface area contributed by atoms with E-state index in [0.29, 0.717) is 11.5 Å². The minimum atomic E-state index is -0.608. The molecule has 0 saturated carbocycles. The Morgan fingerprint density at radius 2 is 1.74 bits per heavy atom. The topological polar surface area (TPSA) is 95.6 Å². The quantitative estimate of drug-likeness (QED) is 0.509. The van der Waals surface area contributed by atoms with Crippen LogP contribution in [0.4, 0.5) is 0 Å². The molecule has 3 rings (SSSR count).